The lowest BCUT2D eigenvalue weighted by Gasteiger charge is -2.14. The maximum atomic E-state index is 12.2. The molecule has 0 spiro atoms. The number of hydrogen-bond acceptors (Lipinski definition) is 3. The molecule has 0 saturated carbocycles. The van der Waals surface area contributed by atoms with Gasteiger partial charge in [0.25, 0.3) is 5.91 Å². The number of primary amides is 1. The molecule has 0 fully saturated rings. The number of hydrogen-bond donors (Lipinski definition) is 3. The molecule has 1 rings (SSSR count). The first-order valence-corrected chi connectivity index (χ1v) is 6.90. The topological polar surface area (TPSA) is 101 Å². The van der Waals surface area contributed by atoms with Crippen LogP contribution in [0.1, 0.15) is 37.6 Å². The normalized spacial score (nSPS) is 11.2. The molecule has 0 saturated heterocycles. The number of amides is 3. The Morgan fingerprint density at radius 3 is 2.45 bits per heavy atom. The Morgan fingerprint density at radius 2 is 1.91 bits per heavy atom. The first-order valence-electron chi connectivity index (χ1n) is 6.90. The van der Waals surface area contributed by atoms with E-state index in [1.807, 2.05) is 19.9 Å². The summed E-state index contributed by atoms with van der Waals surface area (Å²) in [5.74, 6) is -1.24. The lowest BCUT2D eigenvalue weighted by atomic mass is 10.1. The molecule has 118 valence electrons. The second-order valence-corrected chi connectivity index (χ2v) is 5.21. The van der Waals surface area contributed by atoms with Crippen molar-refractivity contribution < 1.29 is 14.4 Å². The van der Waals surface area contributed by atoms with Gasteiger partial charge in [0.2, 0.25) is 11.8 Å². The van der Waals surface area contributed by atoms with Gasteiger partial charge in [0, 0.05) is 18.2 Å². The number of carbonyl (C=O) groups excluding carboxylic acids is 3. The molecule has 0 aliphatic rings. The number of carbonyl (C=O) groups is 3. The molecule has 6 nitrogen and oxygen atoms in total. The van der Waals surface area contributed by atoms with Crippen LogP contribution in [0, 0.1) is 0 Å². The van der Waals surface area contributed by atoms with E-state index in [9.17, 15) is 14.4 Å². The summed E-state index contributed by atoms with van der Waals surface area (Å²) in [5, 5.41) is 5.19. The standard InChI is InChI=1S/C16H21N3O3/c1-10(2)7-8-14(15(17)21)19-16(22)12-5-4-6-13(9-12)18-11(3)20/h4-7,9,14H,8H2,1-3H3,(H2,17,21)(H,18,20)(H,19,22)/t14-/m0/s1. The molecule has 0 aliphatic heterocycles. The van der Waals surface area contributed by atoms with Crippen molar-refractivity contribution in [1.29, 1.82) is 0 Å². The van der Waals surface area contributed by atoms with Gasteiger partial charge in [-0.15, -0.1) is 0 Å². The van der Waals surface area contributed by atoms with Crippen molar-refractivity contribution in [2.75, 3.05) is 5.32 Å². The largest absolute Gasteiger partial charge is 0.368 e. The summed E-state index contributed by atoms with van der Waals surface area (Å²) in [4.78, 5) is 34.6. The molecule has 4 N–H and O–H groups in total. The van der Waals surface area contributed by atoms with E-state index in [0.717, 1.165) is 5.57 Å². The van der Waals surface area contributed by atoms with Crippen LogP contribution < -0.4 is 16.4 Å². The third kappa shape index (κ3) is 5.78. The number of rotatable bonds is 6. The maximum absolute atomic E-state index is 12.2. The molecule has 1 atom stereocenters. The van der Waals surface area contributed by atoms with E-state index in [4.69, 9.17) is 5.73 Å². The predicted molar refractivity (Wildman–Crippen MR) is 85.2 cm³/mol. The van der Waals surface area contributed by atoms with E-state index < -0.39 is 17.9 Å². The first-order chi connectivity index (χ1) is 10.3. The van der Waals surface area contributed by atoms with E-state index in [2.05, 4.69) is 10.6 Å². The van der Waals surface area contributed by atoms with Gasteiger partial charge in [0.05, 0.1) is 0 Å². The molecule has 3 amide bonds. The second kappa shape index (κ2) is 7.97. The van der Waals surface area contributed by atoms with E-state index in [0.29, 0.717) is 17.7 Å². The summed E-state index contributed by atoms with van der Waals surface area (Å²) < 4.78 is 0. The summed E-state index contributed by atoms with van der Waals surface area (Å²) in [6.45, 7) is 5.18. The van der Waals surface area contributed by atoms with Gasteiger partial charge in [-0.3, -0.25) is 14.4 Å². The van der Waals surface area contributed by atoms with Crippen LogP contribution in [0.3, 0.4) is 0 Å². The lowest BCUT2D eigenvalue weighted by molar-refractivity contribution is -0.119. The van der Waals surface area contributed by atoms with Gasteiger partial charge in [-0.05, 0) is 38.5 Å². The third-order valence-electron chi connectivity index (χ3n) is 2.86. The van der Waals surface area contributed by atoms with Crippen molar-refractivity contribution >= 4 is 23.4 Å². The highest BCUT2D eigenvalue weighted by Crippen LogP contribution is 2.11. The summed E-state index contributed by atoms with van der Waals surface area (Å²) in [6, 6.07) is 5.68. The molecule has 0 aromatic heterocycles. The average molecular weight is 303 g/mol. The lowest BCUT2D eigenvalue weighted by Crippen LogP contribution is -2.44. The van der Waals surface area contributed by atoms with Crippen LogP contribution in [0.25, 0.3) is 0 Å². The predicted octanol–water partition coefficient (Wildman–Crippen LogP) is 1.58. The molecular weight excluding hydrogens is 282 g/mol. The molecule has 0 heterocycles. The van der Waals surface area contributed by atoms with Crippen LogP contribution in [-0.4, -0.2) is 23.8 Å². The third-order valence-corrected chi connectivity index (χ3v) is 2.86. The SMILES string of the molecule is CC(=O)Nc1cccc(C(=O)N[C@@H](CC=C(C)C)C(N)=O)c1. The number of benzene rings is 1. The summed E-state index contributed by atoms with van der Waals surface area (Å²) in [5.41, 5.74) is 7.20. The van der Waals surface area contributed by atoms with Gasteiger partial charge in [0.1, 0.15) is 6.04 Å². The molecule has 0 bridgehead atoms. The van der Waals surface area contributed by atoms with Crippen LogP contribution in [-0.2, 0) is 9.59 Å². The van der Waals surface area contributed by atoms with E-state index in [1.54, 1.807) is 18.2 Å². The monoisotopic (exact) mass is 303 g/mol. The first kappa shape index (κ1) is 17.4. The van der Waals surface area contributed by atoms with Gasteiger partial charge in [-0.25, -0.2) is 0 Å². The quantitative estimate of drug-likeness (QED) is 0.695. The Bertz CT molecular complexity index is 604. The zero-order valence-electron chi connectivity index (χ0n) is 13.0. The van der Waals surface area contributed by atoms with Gasteiger partial charge < -0.3 is 16.4 Å². The van der Waals surface area contributed by atoms with E-state index in [1.165, 1.54) is 13.0 Å². The van der Waals surface area contributed by atoms with E-state index >= 15 is 0 Å². The zero-order chi connectivity index (χ0) is 16.7. The minimum absolute atomic E-state index is 0.226. The summed E-state index contributed by atoms with van der Waals surface area (Å²) in [6.07, 6.45) is 2.18. The summed E-state index contributed by atoms with van der Waals surface area (Å²) >= 11 is 0. The number of anilines is 1. The fourth-order valence-electron chi connectivity index (χ4n) is 1.78. The number of allylic oxidation sites excluding steroid dienone is 1. The van der Waals surface area contributed by atoms with Crippen LogP contribution in [0.15, 0.2) is 35.9 Å². The minimum Gasteiger partial charge on any atom is -0.368 e. The van der Waals surface area contributed by atoms with Crippen LogP contribution in [0.2, 0.25) is 0 Å². The minimum atomic E-state index is -0.771. The number of nitrogens with two attached hydrogens (primary N) is 1. The zero-order valence-corrected chi connectivity index (χ0v) is 13.0. The Morgan fingerprint density at radius 1 is 1.23 bits per heavy atom. The van der Waals surface area contributed by atoms with Crippen molar-refractivity contribution in [2.45, 2.75) is 33.2 Å². The van der Waals surface area contributed by atoms with E-state index in [-0.39, 0.29) is 5.91 Å². The van der Waals surface area contributed by atoms with Gasteiger partial charge in [-0.1, -0.05) is 17.7 Å². The molecule has 0 aliphatic carbocycles. The Hall–Kier alpha value is -2.63. The molecule has 0 radical (unpaired) electrons. The van der Waals surface area contributed by atoms with Crippen LogP contribution in [0.4, 0.5) is 5.69 Å². The Kier molecular flexibility index (Phi) is 6.31. The second-order valence-electron chi connectivity index (χ2n) is 5.21. The maximum Gasteiger partial charge on any atom is 0.252 e. The van der Waals surface area contributed by atoms with Gasteiger partial charge in [0.15, 0.2) is 0 Å². The average Bonchev–Trinajstić information content (AvgIpc) is 2.42. The van der Waals surface area contributed by atoms with Crippen molar-refractivity contribution in [3.63, 3.8) is 0 Å². The highest BCUT2D eigenvalue weighted by atomic mass is 16.2. The fraction of sp³-hybridized carbons (Fsp3) is 0.312. The summed E-state index contributed by atoms with van der Waals surface area (Å²) in [7, 11) is 0. The van der Waals surface area contributed by atoms with Crippen LogP contribution >= 0.6 is 0 Å². The highest BCUT2D eigenvalue weighted by Gasteiger charge is 2.18. The Balaban J connectivity index is 2.83. The van der Waals surface area contributed by atoms with Crippen molar-refractivity contribution in [3.8, 4) is 0 Å². The molecule has 22 heavy (non-hydrogen) atoms. The smallest absolute Gasteiger partial charge is 0.252 e. The van der Waals surface area contributed by atoms with Gasteiger partial charge >= 0.3 is 0 Å². The highest BCUT2D eigenvalue weighted by molar-refractivity contribution is 5.99. The molecule has 1 aromatic rings. The fourth-order valence-corrected chi connectivity index (χ4v) is 1.78. The van der Waals surface area contributed by atoms with Crippen molar-refractivity contribution in [3.05, 3.63) is 41.5 Å². The van der Waals surface area contributed by atoms with Crippen LogP contribution in [0.5, 0.6) is 0 Å². The molecule has 6 heteroatoms. The number of nitrogens with one attached hydrogen (secondary N) is 2. The van der Waals surface area contributed by atoms with Crippen molar-refractivity contribution in [2.24, 2.45) is 5.73 Å². The van der Waals surface area contributed by atoms with Gasteiger partial charge in [-0.2, -0.15) is 0 Å². The molecule has 1 aromatic carbocycles. The van der Waals surface area contributed by atoms with Crippen molar-refractivity contribution in [1.82, 2.24) is 5.32 Å². The molecule has 0 unspecified atom stereocenters. The molecular formula is C16H21N3O3. The Labute approximate surface area is 129 Å².